The number of rotatable bonds is 5. The van der Waals surface area contributed by atoms with Gasteiger partial charge in [-0.05, 0) is 36.8 Å². The van der Waals surface area contributed by atoms with Gasteiger partial charge in [0.25, 0.3) is 5.56 Å². The summed E-state index contributed by atoms with van der Waals surface area (Å²) in [5.74, 6) is -1.62. The van der Waals surface area contributed by atoms with Crippen LogP contribution in [0.1, 0.15) is 22.4 Å². The van der Waals surface area contributed by atoms with Gasteiger partial charge in [-0.15, -0.1) is 0 Å². The van der Waals surface area contributed by atoms with Crippen molar-refractivity contribution in [3.8, 4) is 0 Å². The van der Waals surface area contributed by atoms with Crippen LogP contribution in [-0.4, -0.2) is 9.55 Å². The minimum atomic E-state index is -0.632. The highest BCUT2D eigenvalue weighted by Gasteiger charge is 2.15. The van der Waals surface area contributed by atoms with Crippen molar-refractivity contribution in [3.05, 3.63) is 92.7 Å². The second kappa shape index (κ2) is 8.00. The zero-order valence-electron chi connectivity index (χ0n) is 14.8. The van der Waals surface area contributed by atoms with Crippen LogP contribution in [0.15, 0.2) is 52.4 Å². The van der Waals surface area contributed by atoms with Gasteiger partial charge in [-0.25, -0.2) is 18.2 Å². The van der Waals surface area contributed by atoms with Gasteiger partial charge < -0.3 is 0 Å². The average Bonchev–Trinajstić information content (AvgIpc) is 2.62. The monoisotopic (exact) mass is 390 g/mol. The molecular formula is C20H17F3N2OS. The number of benzene rings is 2. The molecule has 7 heteroatoms. The van der Waals surface area contributed by atoms with Crippen molar-refractivity contribution in [2.75, 3.05) is 0 Å². The molecule has 0 aliphatic heterocycles. The van der Waals surface area contributed by atoms with E-state index in [9.17, 15) is 18.0 Å². The number of hydrogen-bond donors (Lipinski definition) is 0. The first kappa shape index (κ1) is 19.2. The first-order chi connectivity index (χ1) is 12.9. The summed E-state index contributed by atoms with van der Waals surface area (Å²) in [4.78, 5) is 17.1. The standard InChI is InChI=1S/C20H17F3N2OS/c1-12-15(10-13-5-3-6-14(21)9-13)19(26)25(2)20(24-12)27-11-16-17(22)7-4-8-18(16)23/h3-9H,10-11H2,1-2H3. The Morgan fingerprint density at radius 2 is 1.70 bits per heavy atom. The maximum absolute atomic E-state index is 13.8. The predicted octanol–water partition coefficient (Wildman–Crippen LogP) is 4.39. The molecule has 2 aromatic carbocycles. The van der Waals surface area contributed by atoms with Crippen LogP contribution < -0.4 is 5.56 Å². The lowest BCUT2D eigenvalue weighted by atomic mass is 10.1. The fraction of sp³-hybridized carbons (Fsp3) is 0.200. The molecule has 0 aliphatic rings. The number of aromatic nitrogens is 2. The first-order valence-corrected chi connectivity index (χ1v) is 9.22. The summed E-state index contributed by atoms with van der Waals surface area (Å²) >= 11 is 1.09. The van der Waals surface area contributed by atoms with Crippen LogP contribution in [0.2, 0.25) is 0 Å². The van der Waals surface area contributed by atoms with E-state index >= 15 is 0 Å². The molecule has 0 bridgehead atoms. The van der Waals surface area contributed by atoms with E-state index in [0.29, 0.717) is 22.0 Å². The minimum Gasteiger partial charge on any atom is -0.291 e. The SMILES string of the molecule is Cc1nc(SCc2c(F)cccc2F)n(C)c(=O)c1Cc1cccc(F)c1. The van der Waals surface area contributed by atoms with Crippen LogP contribution >= 0.6 is 11.8 Å². The highest BCUT2D eigenvalue weighted by atomic mass is 32.2. The maximum atomic E-state index is 13.8. The molecule has 0 aliphatic carbocycles. The Kier molecular flexibility index (Phi) is 5.70. The summed E-state index contributed by atoms with van der Waals surface area (Å²) in [6.45, 7) is 1.70. The van der Waals surface area contributed by atoms with Crippen LogP contribution in [0.5, 0.6) is 0 Å². The number of aryl methyl sites for hydroxylation is 1. The van der Waals surface area contributed by atoms with Gasteiger partial charge in [-0.2, -0.15) is 0 Å². The van der Waals surface area contributed by atoms with Gasteiger partial charge in [-0.1, -0.05) is 30.0 Å². The van der Waals surface area contributed by atoms with E-state index in [1.165, 1.54) is 34.9 Å². The summed E-state index contributed by atoms with van der Waals surface area (Å²) in [7, 11) is 1.56. The van der Waals surface area contributed by atoms with Crippen LogP contribution in [0.25, 0.3) is 0 Å². The van der Waals surface area contributed by atoms with Gasteiger partial charge in [0, 0.05) is 36.0 Å². The fourth-order valence-electron chi connectivity index (χ4n) is 2.72. The molecule has 1 heterocycles. The molecular weight excluding hydrogens is 373 g/mol. The number of nitrogens with zero attached hydrogens (tertiary/aromatic N) is 2. The molecule has 0 N–H and O–H groups in total. The van der Waals surface area contributed by atoms with Crippen molar-refractivity contribution in [3.63, 3.8) is 0 Å². The molecule has 0 radical (unpaired) electrons. The summed E-state index contributed by atoms with van der Waals surface area (Å²) in [5, 5.41) is 0.364. The van der Waals surface area contributed by atoms with Crippen LogP contribution in [-0.2, 0) is 19.2 Å². The van der Waals surface area contributed by atoms with Crippen LogP contribution in [0, 0.1) is 24.4 Å². The Morgan fingerprint density at radius 3 is 2.37 bits per heavy atom. The number of thioether (sulfide) groups is 1. The molecule has 3 rings (SSSR count). The predicted molar refractivity (Wildman–Crippen MR) is 99.3 cm³/mol. The largest absolute Gasteiger partial charge is 0.291 e. The minimum absolute atomic E-state index is 0.0153. The fourth-order valence-corrected chi connectivity index (χ4v) is 3.75. The second-order valence-corrected chi connectivity index (χ2v) is 7.06. The highest BCUT2D eigenvalue weighted by molar-refractivity contribution is 7.98. The molecule has 27 heavy (non-hydrogen) atoms. The van der Waals surface area contributed by atoms with Crippen LogP contribution in [0.3, 0.4) is 0 Å². The lowest BCUT2D eigenvalue weighted by molar-refractivity contribution is 0.566. The number of hydrogen-bond acceptors (Lipinski definition) is 3. The molecule has 3 aromatic rings. The molecule has 3 nitrogen and oxygen atoms in total. The Hall–Kier alpha value is -2.54. The zero-order valence-corrected chi connectivity index (χ0v) is 15.6. The van der Waals surface area contributed by atoms with Crippen molar-refractivity contribution in [1.82, 2.24) is 9.55 Å². The molecule has 0 amide bonds. The van der Waals surface area contributed by atoms with Gasteiger partial charge in [0.1, 0.15) is 17.5 Å². The van der Waals surface area contributed by atoms with Crippen molar-refractivity contribution in [2.45, 2.75) is 24.3 Å². The topological polar surface area (TPSA) is 34.9 Å². The summed E-state index contributed by atoms with van der Waals surface area (Å²) in [5.41, 5.74) is 1.33. The smallest absolute Gasteiger partial charge is 0.257 e. The normalized spacial score (nSPS) is 11.0. The van der Waals surface area contributed by atoms with Crippen LogP contribution in [0.4, 0.5) is 13.2 Å². The van der Waals surface area contributed by atoms with E-state index in [1.807, 2.05) is 0 Å². The Bertz CT molecular complexity index is 1030. The van der Waals surface area contributed by atoms with E-state index in [4.69, 9.17) is 0 Å². The molecule has 140 valence electrons. The third-order valence-corrected chi connectivity index (χ3v) is 5.28. The van der Waals surface area contributed by atoms with Crippen molar-refractivity contribution < 1.29 is 13.2 Å². The Labute approximate surface area is 158 Å². The number of halogens is 3. The van der Waals surface area contributed by atoms with Crippen molar-refractivity contribution in [2.24, 2.45) is 7.05 Å². The van der Waals surface area contributed by atoms with Gasteiger partial charge in [-0.3, -0.25) is 9.36 Å². The van der Waals surface area contributed by atoms with Crippen molar-refractivity contribution >= 4 is 11.8 Å². The first-order valence-electron chi connectivity index (χ1n) is 8.23. The Balaban J connectivity index is 1.87. The van der Waals surface area contributed by atoms with E-state index in [2.05, 4.69) is 4.98 Å². The quantitative estimate of drug-likeness (QED) is 0.479. The van der Waals surface area contributed by atoms with E-state index < -0.39 is 11.6 Å². The van der Waals surface area contributed by atoms with Gasteiger partial charge in [0.15, 0.2) is 5.16 Å². The lowest BCUT2D eigenvalue weighted by Gasteiger charge is -2.12. The summed E-state index contributed by atoms with van der Waals surface area (Å²) in [6.07, 6.45) is 0.260. The third kappa shape index (κ3) is 4.24. The van der Waals surface area contributed by atoms with Gasteiger partial charge >= 0.3 is 0 Å². The highest BCUT2D eigenvalue weighted by Crippen LogP contribution is 2.24. The molecule has 0 spiro atoms. The van der Waals surface area contributed by atoms with Crippen molar-refractivity contribution in [1.29, 1.82) is 0 Å². The molecule has 0 atom stereocenters. The Morgan fingerprint density at radius 1 is 1.04 bits per heavy atom. The molecule has 0 unspecified atom stereocenters. The van der Waals surface area contributed by atoms with E-state index in [0.717, 1.165) is 11.8 Å². The summed E-state index contributed by atoms with van der Waals surface area (Å²) in [6, 6.07) is 9.74. The van der Waals surface area contributed by atoms with Gasteiger partial charge in [0.2, 0.25) is 0 Å². The molecule has 0 fully saturated rings. The molecule has 0 saturated carbocycles. The average molecular weight is 390 g/mol. The van der Waals surface area contributed by atoms with E-state index in [1.54, 1.807) is 26.1 Å². The third-order valence-electron chi connectivity index (χ3n) is 4.23. The maximum Gasteiger partial charge on any atom is 0.257 e. The molecule has 0 saturated heterocycles. The zero-order chi connectivity index (χ0) is 19.6. The molecule has 1 aromatic heterocycles. The summed E-state index contributed by atoms with van der Waals surface area (Å²) < 4.78 is 42.3. The van der Waals surface area contributed by atoms with Gasteiger partial charge in [0.05, 0.1) is 0 Å². The van der Waals surface area contributed by atoms with E-state index in [-0.39, 0.29) is 29.1 Å². The second-order valence-electron chi connectivity index (χ2n) is 6.12. The lowest BCUT2D eigenvalue weighted by Crippen LogP contribution is -2.25.